The van der Waals surface area contributed by atoms with Gasteiger partial charge in [0.2, 0.25) is 0 Å². The Bertz CT molecular complexity index is 1090. The average molecular weight is 387 g/mol. The first-order chi connectivity index (χ1) is 12.7. The van der Waals surface area contributed by atoms with E-state index in [-0.39, 0.29) is 23.2 Å². The van der Waals surface area contributed by atoms with E-state index >= 15 is 0 Å². The molecule has 0 saturated carbocycles. The third-order valence-corrected chi connectivity index (χ3v) is 4.64. The highest BCUT2D eigenvalue weighted by molar-refractivity contribution is 6.30. The normalized spacial score (nSPS) is 11.9. The first-order valence-electron chi connectivity index (χ1n) is 8.97. The van der Waals surface area contributed by atoms with Gasteiger partial charge in [0.15, 0.2) is 11.2 Å². The lowest BCUT2D eigenvalue weighted by Crippen LogP contribution is -2.41. The second-order valence-corrected chi connectivity index (χ2v) is 8.07. The molecule has 3 rings (SSSR count). The molecule has 0 saturated heterocycles. The maximum absolute atomic E-state index is 13.1. The summed E-state index contributed by atoms with van der Waals surface area (Å²) in [7, 11) is 0. The molecule has 3 aromatic rings. The number of aryl methyl sites for hydroxylation is 1. The molecule has 0 N–H and O–H groups in total. The quantitative estimate of drug-likeness (QED) is 0.689. The van der Waals surface area contributed by atoms with Crippen LogP contribution in [0.5, 0.6) is 0 Å². The summed E-state index contributed by atoms with van der Waals surface area (Å²) in [6.45, 7) is 8.64. The van der Waals surface area contributed by atoms with E-state index in [4.69, 9.17) is 11.6 Å². The Balaban J connectivity index is 2.27. The van der Waals surface area contributed by atoms with Crippen molar-refractivity contribution < 1.29 is 0 Å². The monoisotopic (exact) mass is 386 g/mol. The molecule has 0 radical (unpaired) electrons. The highest BCUT2D eigenvalue weighted by Crippen LogP contribution is 2.20. The number of benzene rings is 1. The summed E-state index contributed by atoms with van der Waals surface area (Å²) >= 11 is 5.93. The summed E-state index contributed by atoms with van der Waals surface area (Å²) in [5, 5.41) is 0.605. The van der Waals surface area contributed by atoms with Crippen LogP contribution in [0.2, 0.25) is 5.02 Å². The first-order valence-corrected chi connectivity index (χ1v) is 9.35. The number of hydrogen-bond donors (Lipinski definition) is 0. The zero-order valence-corrected chi connectivity index (χ0v) is 16.7. The molecule has 0 fully saturated rings. The van der Waals surface area contributed by atoms with Crippen LogP contribution in [0.15, 0.2) is 40.1 Å². The Morgan fingerprint density at radius 1 is 1.07 bits per heavy atom. The molecular formula is C20H23ClN4O2. The summed E-state index contributed by atoms with van der Waals surface area (Å²) in [4.78, 5) is 35.0. The number of fused-ring (bicyclic) bond motifs is 1. The smallest absolute Gasteiger partial charge is 0.276 e. The summed E-state index contributed by atoms with van der Waals surface area (Å²) in [5.74, 6) is 0. The average Bonchev–Trinajstić information content (AvgIpc) is 2.62. The number of hydrogen-bond acceptors (Lipinski definition) is 4. The van der Waals surface area contributed by atoms with Gasteiger partial charge in [0, 0.05) is 17.0 Å². The molecule has 27 heavy (non-hydrogen) atoms. The van der Waals surface area contributed by atoms with Gasteiger partial charge in [0.25, 0.3) is 5.56 Å². The molecule has 0 aliphatic carbocycles. The van der Waals surface area contributed by atoms with E-state index in [9.17, 15) is 9.59 Å². The SMILES string of the molecule is CCCn1c(=O)n(Cc2ccc(Cl)cc2)c(=O)c2nc(C(C)(C)C)cnc21. The fourth-order valence-corrected chi connectivity index (χ4v) is 3.00. The van der Waals surface area contributed by atoms with E-state index in [1.54, 1.807) is 30.5 Å². The predicted octanol–water partition coefficient (Wildman–Crippen LogP) is 3.36. The molecule has 0 aliphatic rings. The Morgan fingerprint density at radius 2 is 1.74 bits per heavy atom. The van der Waals surface area contributed by atoms with E-state index < -0.39 is 5.56 Å². The molecule has 2 aromatic heterocycles. The van der Waals surface area contributed by atoms with E-state index in [1.165, 1.54) is 9.13 Å². The Morgan fingerprint density at radius 3 is 2.33 bits per heavy atom. The van der Waals surface area contributed by atoms with Crippen molar-refractivity contribution >= 4 is 22.8 Å². The van der Waals surface area contributed by atoms with Crippen LogP contribution in [0.4, 0.5) is 0 Å². The second kappa shape index (κ2) is 7.27. The van der Waals surface area contributed by atoms with Crippen LogP contribution in [0.3, 0.4) is 0 Å². The van der Waals surface area contributed by atoms with Crippen LogP contribution in [-0.2, 0) is 18.5 Å². The number of halogens is 1. The summed E-state index contributed by atoms with van der Waals surface area (Å²) in [6, 6.07) is 7.09. The topological polar surface area (TPSA) is 69.8 Å². The van der Waals surface area contributed by atoms with E-state index in [0.29, 0.717) is 22.9 Å². The van der Waals surface area contributed by atoms with Crippen molar-refractivity contribution in [1.29, 1.82) is 0 Å². The van der Waals surface area contributed by atoms with Gasteiger partial charge in [-0.05, 0) is 24.1 Å². The largest absolute Gasteiger partial charge is 0.333 e. The summed E-state index contributed by atoms with van der Waals surface area (Å²) in [5.41, 5.74) is 1.06. The molecule has 6 nitrogen and oxygen atoms in total. The summed E-state index contributed by atoms with van der Waals surface area (Å²) < 4.78 is 2.76. The van der Waals surface area contributed by atoms with E-state index in [2.05, 4.69) is 9.97 Å². The highest BCUT2D eigenvalue weighted by Gasteiger charge is 2.21. The first kappa shape index (κ1) is 19.3. The van der Waals surface area contributed by atoms with Crippen molar-refractivity contribution in [2.45, 2.75) is 52.6 Å². The van der Waals surface area contributed by atoms with Crippen molar-refractivity contribution in [2.75, 3.05) is 0 Å². The van der Waals surface area contributed by atoms with Gasteiger partial charge >= 0.3 is 5.69 Å². The van der Waals surface area contributed by atoms with Crippen molar-refractivity contribution in [1.82, 2.24) is 19.1 Å². The molecule has 0 aliphatic heterocycles. The molecule has 142 valence electrons. The van der Waals surface area contributed by atoms with Gasteiger partial charge in [-0.1, -0.05) is 51.4 Å². The van der Waals surface area contributed by atoms with Crippen molar-refractivity contribution in [3.05, 3.63) is 67.6 Å². The maximum Gasteiger partial charge on any atom is 0.333 e. The lowest BCUT2D eigenvalue weighted by molar-refractivity contribution is 0.560. The fourth-order valence-electron chi connectivity index (χ4n) is 2.87. The Labute approximate surface area is 162 Å². The molecule has 0 spiro atoms. The van der Waals surface area contributed by atoms with Crippen LogP contribution in [-0.4, -0.2) is 19.1 Å². The van der Waals surface area contributed by atoms with Crippen LogP contribution < -0.4 is 11.2 Å². The summed E-state index contributed by atoms with van der Waals surface area (Å²) in [6.07, 6.45) is 2.40. The lowest BCUT2D eigenvalue weighted by Gasteiger charge is -2.18. The van der Waals surface area contributed by atoms with E-state index in [0.717, 1.165) is 12.0 Å². The molecule has 1 aromatic carbocycles. The second-order valence-electron chi connectivity index (χ2n) is 7.63. The standard InChI is InChI=1S/C20H23ClN4O2/c1-5-10-24-17-16(23-15(11-22-17)20(2,3)4)18(26)25(19(24)27)12-13-6-8-14(21)9-7-13/h6-9,11H,5,10,12H2,1-4H3. The number of aromatic nitrogens is 4. The van der Waals surface area contributed by atoms with Gasteiger partial charge in [0.05, 0.1) is 18.4 Å². The van der Waals surface area contributed by atoms with Crippen LogP contribution in [0.25, 0.3) is 11.2 Å². The predicted molar refractivity (Wildman–Crippen MR) is 108 cm³/mol. The molecule has 0 atom stereocenters. The Hall–Kier alpha value is -2.47. The van der Waals surface area contributed by atoms with Gasteiger partial charge < -0.3 is 0 Å². The third kappa shape index (κ3) is 3.81. The minimum absolute atomic E-state index is 0.163. The minimum Gasteiger partial charge on any atom is -0.276 e. The fraction of sp³-hybridized carbons (Fsp3) is 0.400. The zero-order chi connectivity index (χ0) is 19.8. The molecule has 2 heterocycles. The molecule has 0 amide bonds. The molecule has 7 heteroatoms. The highest BCUT2D eigenvalue weighted by atomic mass is 35.5. The van der Waals surface area contributed by atoms with Gasteiger partial charge in [0.1, 0.15) is 0 Å². The van der Waals surface area contributed by atoms with Gasteiger partial charge in [-0.15, -0.1) is 0 Å². The van der Waals surface area contributed by atoms with E-state index in [1.807, 2.05) is 27.7 Å². The molecule has 0 unspecified atom stereocenters. The minimum atomic E-state index is -0.420. The lowest BCUT2D eigenvalue weighted by atomic mass is 9.93. The van der Waals surface area contributed by atoms with Crippen molar-refractivity contribution in [3.8, 4) is 0 Å². The maximum atomic E-state index is 13.1. The van der Waals surface area contributed by atoms with Crippen molar-refractivity contribution in [3.63, 3.8) is 0 Å². The zero-order valence-electron chi connectivity index (χ0n) is 16.0. The van der Waals surface area contributed by atoms with Crippen LogP contribution in [0, 0.1) is 0 Å². The molecule has 0 bridgehead atoms. The van der Waals surface area contributed by atoms with Crippen LogP contribution >= 0.6 is 11.6 Å². The van der Waals surface area contributed by atoms with Gasteiger partial charge in [-0.25, -0.2) is 14.8 Å². The van der Waals surface area contributed by atoms with Gasteiger partial charge in [-0.3, -0.25) is 13.9 Å². The Kier molecular flexibility index (Phi) is 5.20. The number of nitrogens with zero attached hydrogens (tertiary/aromatic N) is 4. The van der Waals surface area contributed by atoms with Gasteiger partial charge in [-0.2, -0.15) is 0 Å². The number of rotatable bonds is 4. The third-order valence-electron chi connectivity index (χ3n) is 4.39. The van der Waals surface area contributed by atoms with Crippen molar-refractivity contribution in [2.24, 2.45) is 0 Å². The van der Waals surface area contributed by atoms with Crippen LogP contribution in [0.1, 0.15) is 45.4 Å². The molecular weight excluding hydrogens is 364 g/mol.